The second-order valence-electron chi connectivity index (χ2n) is 34.9. The maximum atomic E-state index is 13.5. The van der Waals surface area contributed by atoms with Crippen molar-refractivity contribution in [3.63, 3.8) is 0 Å². The molecule has 12 heteroatoms. The smallest absolute Gasteiger partial charge is 0.312 e. The Balaban J connectivity index is 0.616. The van der Waals surface area contributed by atoms with Crippen molar-refractivity contribution < 1.29 is 52.0 Å². The van der Waals surface area contributed by atoms with Crippen LogP contribution in [-0.2, 0) is 49.5 Å². The number of carbonyl (C=O) groups excluding carboxylic acids is 4. The van der Waals surface area contributed by atoms with Gasteiger partial charge in [0.1, 0.15) is 30.8 Å². The zero-order valence-corrected chi connectivity index (χ0v) is 57.3. The Morgan fingerprint density at radius 1 is 0.455 bits per heavy atom. The highest BCUT2D eigenvalue weighted by atomic mass is 16.6. The summed E-state index contributed by atoms with van der Waals surface area (Å²) in [4.78, 5) is 66.2. The third-order valence-corrected chi connectivity index (χ3v) is 29.2. The van der Waals surface area contributed by atoms with Gasteiger partial charge in [-0.05, 0) is 219 Å². The number of hydrogen-bond donors (Lipinski definition) is 0. The van der Waals surface area contributed by atoms with Gasteiger partial charge in [-0.1, -0.05) is 120 Å². The summed E-state index contributed by atoms with van der Waals surface area (Å²) in [5.74, 6) is 1.87. The van der Waals surface area contributed by atoms with Gasteiger partial charge in [-0.3, -0.25) is 24.0 Å². The lowest BCUT2D eigenvalue weighted by atomic mass is 9.42. The fourth-order valence-corrected chi connectivity index (χ4v) is 24.9. The van der Waals surface area contributed by atoms with E-state index in [0.29, 0.717) is 75.8 Å². The molecule has 0 aliphatic heterocycles. The van der Waals surface area contributed by atoms with Crippen molar-refractivity contribution in [3.05, 3.63) is 51.6 Å². The average molecular weight is 1220 g/mol. The van der Waals surface area contributed by atoms with Crippen molar-refractivity contribution in [1.82, 2.24) is 0 Å². The number of allylic oxidation sites excluding steroid dienone is 4. The molecule has 12 nitrogen and oxygen atoms in total. The molecule has 4 unspecified atom stereocenters. The van der Waals surface area contributed by atoms with Gasteiger partial charge < -0.3 is 32.8 Å². The molecular formula is C76H114O12. The first-order chi connectivity index (χ1) is 41.2. The normalized spacial score (nSPS) is 42.5. The maximum Gasteiger partial charge on any atom is 0.312 e. The molecule has 0 N–H and O–H groups in total. The fourth-order valence-electron chi connectivity index (χ4n) is 24.9. The van der Waals surface area contributed by atoms with Crippen LogP contribution in [0.4, 0.5) is 0 Å². The molecule has 0 amide bonds. The van der Waals surface area contributed by atoms with E-state index in [0.717, 1.165) is 63.7 Å². The van der Waals surface area contributed by atoms with E-state index < -0.39 is 29.3 Å². The highest BCUT2D eigenvalue weighted by Gasteiger charge is 2.66. The highest BCUT2D eigenvalue weighted by Crippen LogP contribution is 2.73. The number of hydrogen-bond acceptors (Lipinski definition) is 12. The summed E-state index contributed by atoms with van der Waals surface area (Å²) in [7, 11) is 3.81. The van der Waals surface area contributed by atoms with Gasteiger partial charge in [0, 0.05) is 31.1 Å². The van der Waals surface area contributed by atoms with Gasteiger partial charge in [-0.2, -0.15) is 0 Å². The van der Waals surface area contributed by atoms with Gasteiger partial charge in [0.2, 0.25) is 11.2 Å². The molecule has 1 aromatic heterocycles. The summed E-state index contributed by atoms with van der Waals surface area (Å²) in [5.41, 5.74) is 3.90. The Hall–Kier alpha value is -3.77. The molecule has 8 fully saturated rings. The molecule has 0 aromatic carbocycles. The molecule has 1 heterocycles. The molecule has 18 atom stereocenters. The van der Waals surface area contributed by atoms with E-state index in [1.165, 1.54) is 77.0 Å². The number of methoxy groups -OCH3 is 2. The molecule has 490 valence electrons. The van der Waals surface area contributed by atoms with Crippen molar-refractivity contribution in [1.29, 1.82) is 0 Å². The lowest BCUT2D eigenvalue weighted by molar-refractivity contribution is -0.178. The van der Waals surface area contributed by atoms with Crippen LogP contribution in [0.15, 0.2) is 44.8 Å². The fraction of sp³-hybridized carbons (Fsp3) is 0.829. The monoisotopic (exact) mass is 1220 g/mol. The second kappa shape index (κ2) is 23.4. The number of fused-ring (bicyclic) bond motifs is 12. The molecule has 0 saturated heterocycles. The molecule has 88 heavy (non-hydrogen) atoms. The summed E-state index contributed by atoms with van der Waals surface area (Å²) in [5, 5.41) is 0. The first kappa shape index (κ1) is 65.7. The SMILES string of the molecule is CO[C@@H]1CC[C@@]2(C)C(CC[C@@]3(C)CC4=CC[C@H]5C(C)(C)[C@H](OC(=O)CCC(=O)OCc6cc(=O)c(OC(=O)CCC(=O)O[C@@H]7CC[C@@]8(C)C(CC=C9C[C@]%10(C)CC[C@H]%11C(C)(C)[C@H](OC)CC[C@]%11(C)C%10CC[C@@H]98)C7(C)C)co6)CC[C@]5(C)[C@H]4CCC32)C1(C)C. The van der Waals surface area contributed by atoms with E-state index in [9.17, 15) is 24.0 Å². The van der Waals surface area contributed by atoms with E-state index in [1.54, 1.807) is 11.1 Å². The molecular weight excluding hydrogens is 1100 g/mol. The lowest BCUT2D eigenvalue weighted by Gasteiger charge is -2.64. The summed E-state index contributed by atoms with van der Waals surface area (Å²) < 4.78 is 41.1. The van der Waals surface area contributed by atoms with E-state index in [-0.39, 0.29) is 93.9 Å². The second-order valence-corrected chi connectivity index (χ2v) is 34.9. The number of rotatable bonds is 13. The zero-order chi connectivity index (χ0) is 63.6. The molecule has 8 saturated carbocycles. The van der Waals surface area contributed by atoms with Gasteiger partial charge >= 0.3 is 23.9 Å². The first-order valence-electron chi connectivity index (χ1n) is 35.0. The standard InChI is InChI=1S/C76H114O12/c1-67(2)55-29-35-71(9)42-46-17-21-53-69(5,6)61(33-37-73(53,11)49(46)19-23-57(71)75(55,13)39-31-59(67)82-15)87-65(80)26-25-63(78)85-44-48-41-51(77)52(45-84-48)86-64(79)27-28-66(81)88-62-34-38-74(12)50-20-24-58-72(10,43-47(50)18-22-54(74)70(62,7)8)36-30-56-68(3,4)60(83-16)32-40-76(56,58)14/h17-18,41,45,49-50,53-62H,19-40,42-44H2,1-16H3/t49-,50-,53-,54?,55?,56-,57?,58?,59+,60+,61+,62+,71-,72-,73+,74+,75-,76-/m0/s1. The number of esters is 4. The minimum absolute atomic E-state index is 0.0540. The zero-order valence-electron chi connectivity index (χ0n) is 57.3. The van der Waals surface area contributed by atoms with Gasteiger partial charge in [-0.15, -0.1) is 0 Å². The molecule has 0 radical (unpaired) electrons. The summed E-state index contributed by atoms with van der Waals surface area (Å²) in [6, 6.07) is 1.11. The van der Waals surface area contributed by atoms with E-state index in [4.69, 9.17) is 32.8 Å². The summed E-state index contributed by atoms with van der Waals surface area (Å²) >= 11 is 0. The molecule has 0 bridgehead atoms. The van der Waals surface area contributed by atoms with E-state index in [2.05, 4.69) is 109 Å². The molecule has 10 aliphatic carbocycles. The third kappa shape index (κ3) is 11.0. The Morgan fingerprint density at radius 3 is 1.28 bits per heavy atom. The highest BCUT2D eigenvalue weighted by molar-refractivity contribution is 5.79. The van der Waals surface area contributed by atoms with E-state index >= 15 is 0 Å². The Labute approximate surface area is 528 Å². The van der Waals surface area contributed by atoms with Crippen LogP contribution in [-0.4, -0.2) is 62.5 Å². The van der Waals surface area contributed by atoms with Gasteiger partial charge in [0.25, 0.3) is 0 Å². The quantitative estimate of drug-likeness (QED) is 0.105. The molecule has 1 aromatic rings. The molecule has 0 spiro atoms. The van der Waals surface area contributed by atoms with Crippen LogP contribution in [0.2, 0.25) is 0 Å². The Bertz CT molecular complexity index is 2960. The first-order valence-corrected chi connectivity index (χ1v) is 35.0. The van der Waals surface area contributed by atoms with Crippen molar-refractivity contribution in [3.8, 4) is 5.75 Å². The average Bonchev–Trinajstić information content (AvgIpc) is 1.31. The van der Waals surface area contributed by atoms with Crippen LogP contribution in [0.25, 0.3) is 0 Å². The summed E-state index contributed by atoms with van der Waals surface area (Å²) in [6.07, 6.45) is 28.3. The van der Waals surface area contributed by atoms with Crippen LogP contribution < -0.4 is 10.2 Å². The van der Waals surface area contributed by atoms with E-state index in [1.807, 2.05) is 14.2 Å². The topological polar surface area (TPSA) is 154 Å². The van der Waals surface area contributed by atoms with Gasteiger partial charge in [0.15, 0.2) is 0 Å². The molecule has 10 aliphatic rings. The van der Waals surface area contributed by atoms with Crippen molar-refractivity contribution in [2.24, 2.45) is 101 Å². The van der Waals surface area contributed by atoms with Crippen molar-refractivity contribution in [2.45, 2.75) is 282 Å². The van der Waals surface area contributed by atoms with Crippen LogP contribution in [0, 0.1) is 101 Å². The van der Waals surface area contributed by atoms with Crippen molar-refractivity contribution >= 4 is 23.9 Å². The molecule has 11 rings (SSSR count). The van der Waals surface area contributed by atoms with Gasteiger partial charge in [0.05, 0.1) is 37.9 Å². The van der Waals surface area contributed by atoms with Crippen LogP contribution >= 0.6 is 0 Å². The largest absolute Gasteiger partial charge is 0.462 e. The Kier molecular flexibility index (Phi) is 17.4. The van der Waals surface area contributed by atoms with Crippen molar-refractivity contribution in [2.75, 3.05) is 14.2 Å². The van der Waals surface area contributed by atoms with Crippen LogP contribution in [0.3, 0.4) is 0 Å². The maximum absolute atomic E-state index is 13.5. The minimum atomic E-state index is -0.756. The predicted molar refractivity (Wildman–Crippen MR) is 340 cm³/mol. The van der Waals surface area contributed by atoms with Crippen LogP contribution in [0.1, 0.15) is 257 Å². The Morgan fingerprint density at radius 2 is 0.852 bits per heavy atom. The lowest BCUT2D eigenvalue weighted by Crippen LogP contribution is -2.58. The third-order valence-electron chi connectivity index (χ3n) is 29.2. The number of ether oxygens (including phenoxy) is 6. The summed E-state index contributed by atoms with van der Waals surface area (Å²) in [6.45, 7) is 34.2. The minimum Gasteiger partial charge on any atom is -0.462 e. The number of carbonyl (C=O) groups is 4. The predicted octanol–water partition coefficient (Wildman–Crippen LogP) is 16.9. The van der Waals surface area contributed by atoms with Crippen LogP contribution in [0.5, 0.6) is 5.75 Å². The van der Waals surface area contributed by atoms with Gasteiger partial charge in [-0.25, -0.2) is 0 Å².